The third-order valence-corrected chi connectivity index (χ3v) is 6.27. The first-order valence-corrected chi connectivity index (χ1v) is 11.0. The normalized spacial score (nSPS) is 12.6. The van der Waals surface area contributed by atoms with E-state index in [1.54, 1.807) is 0 Å². The lowest BCUT2D eigenvalue weighted by Crippen LogP contribution is -2.23. The van der Waals surface area contributed by atoms with Crippen molar-refractivity contribution in [2.24, 2.45) is 7.05 Å². The summed E-state index contributed by atoms with van der Waals surface area (Å²) in [5.74, 6) is 0.742. The molecule has 0 spiro atoms. The Morgan fingerprint density at radius 3 is 2.33 bits per heavy atom. The summed E-state index contributed by atoms with van der Waals surface area (Å²) in [6, 6.07) is 14.4. The molecule has 0 aliphatic heterocycles. The molecule has 3 rings (SSSR count). The number of nitrogens with zero attached hydrogens (tertiary/aromatic N) is 3. The number of carbonyl (C=O) groups is 1. The number of benzene rings is 2. The minimum Gasteiger partial charge on any atom is -0.325 e. The van der Waals surface area contributed by atoms with E-state index in [1.165, 1.54) is 22.9 Å². The first kappa shape index (κ1) is 22.1. The van der Waals surface area contributed by atoms with Crippen LogP contribution >= 0.6 is 11.8 Å². The molecule has 0 aliphatic carbocycles. The maximum absolute atomic E-state index is 12.7. The fourth-order valence-electron chi connectivity index (χ4n) is 3.19. The maximum atomic E-state index is 12.7. The highest BCUT2D eigenvalue weighted by molar-refractivity contribution is 8.00. The zero-order valence-electron chi connectivity index (χ0n) is 18.8. The van der Waals surface area contributed by atoms with Crippen LogP contribution in [0.4, 0.5) is 5.69 Å². The number of rotatable bonds is 5. The monoisotopic (exact) mass is 422 g/mol. The lowest BCUT2D eigenvalue weighted by atomic mass is 9.87. The van der Waals surface area contributed by atoms with E-state index >= 15 is 0 Å². The first-order chi connectivity index (χ1) is 14.1. The van der Waals surface area contributed by atoms with Gasteiger partial charge in [0.1, 0.15) is 0 Å². The molecule has 2 aromatic carbocycles. The van der Waals surface area contributed by atoms with E-state index in [0.29, 0.717) is 5.16 Å². The lowest BCUT2D eigenvalue weighted by Gasteiger charge is -2.19. The van der Waals surface area contributed by atoms with Crippen LogP contribution in [0, 0.1) is 13.8 Å². The van der Waals surface area contributed by atoms with Gasteiger partial charge in [-0.05, 0) is 43.4 Å². The Labute approximate surface area is 183 Å². The molecule has 30 heavy (non-hydrogen) atoms. The summed E-state index contributed by atoms with van der Waals surface area (Å²) in [6.45, 7) is 12.5. The number of thioether (sulfide) groups is 1. The second kappa shape index (κ2) is 8.64. The van der Waals surface area contributed by atoms with Gasteiger partial charge in [-0.15, -0.1) is 10.2 Å². The van der Waals surface area contributed by atoms with Gasteiger partial charge in [0.25, 0.3) is 0 Å². The zero-order chi connectivity index (χ0) is 22.1. The molecule has 1 amide bonds. The van der Waals surface area contributed by atoms with Crippen LogP contribution in [0.5, 0.6) is 0 Å². The summed E-state index contributed by atoms with van der Waals surface area (Å²) in [4.78, 5) is 12.7. The summed E-state index contributed by atoms with van der Waals surface area (Å²) >= 11 is 1.41. The Kier molecular flexibility index (Phi) is 6.36. The van der Waals surface area contributed by atoms with Crippen molar-refractivity contribution in [3.8, 4) is 11.4 Å². The highest BCUT2D eigenvalue weighted by Crippen LogP contribution is 2.29. The van der Waals surface area contributed by atoms with E-state index in [4.69, 9.17) is 0 Å². The Hall–Kier alpha value is -2.60. The van der Waals surface area contributed by atoms with Crippen molar-refractivity contribution in [1.29, 1.82) is 0 Å². The van der Waals surface area contributed by atoms with Crippen LogP contribution in [0.25, 0.3) is 11.4 Å². The minimum absolute atomic E-state index is 0.0500. The summed E-state index contributed by atoms with van der Waals surface area (Å²) in [5.41, 5.74) is 5.47. The summed E-state index contributed by atoms with van der Waals surface area (Å²) in [6.07, 6.45) is 0. The number of hydrogen-bond acceptors (Lipinski definition) is 4. The molecule has 0 saturated carbocycles. The van der Waals surface area contributed by atoms with Crippen molar-refractivity contribution in [2.45, 2.75) is 57.4 Å². The van der Waals surface area contributed by atoms with Crippen molar-refractivity contribution in [1.82, 2.24) is 14.8 Å². The maximum Gasteiger partial charge on any atom is 0.237 e. The average Bonchev–Trinajstić information content (AvgIpc) is 3.03. The third kappa shape index (κ3) is 4.93. The van der Waals surface area contributed by atoms with Crippen molar-refractivity contribution in [3.63, 3.8) is 0 Å². The van der Waals surface area contributed by atoms with Gasteiger partial charge in [-0.25, -0.2) is 0 Å². The lowest BCUT2D eigenvalue weighted by molar-refractivity contribution is -0.115. The topological polar surface area (TPSA) is 59.8 Å². The van der Waals surface area contributed by atoms with Crippen LogP contribution < -0.4 is 5.32 Å². The number of amides is 1. The molecule has 1 aromatic heterocycles. The molecule has 3 aromatic rings. The van der Waals surface area contributed by atoms with E-state index in [1.807, 2.05) is 44.5 Å². The van der Waals surface area contributed by atoms with Gasteiger partial charge < -0.3 is 9.88 Å². The summed E-state index contributed by atoms with van der Waals surface area (Å²) in [5, 5.41) is 12.1. The smallest absolute Gasteiger partial charge is 0.237 e. The van der Waals surface area contributed by atoms with Crippen LogP contribution in [-0.2, 0) is 17.3 Å². The average molecular weight is 423 g/mol. The van der Waals surface area contributed by atoms with Gasteiger partial charge in [-0.3, -0.25) is 4.79 Å². The summed E-state index contributed by atoms with van der Waals surface area (Å²) in [7, 11) is 1.93. The molecule has 0 bridgehead atoms. The molecule has 1 heterocycles. The number of aromatic nitrogens is 3. The van der Waals surface area contributed by atoms with E-state index in [-0.39, 0.29) is 16.6 Å². The van der Waals surface area contributed by atoms with Crippen LogP contribution in [0.15, 0.2) is 47.6 Å². The fraction of sp³-hybridized carbons (Fsp3) is 0.375. The highest BCUT2D eigenvalue weighted by atomic mass is 32.2. The Morgan fingerprint density at radius 1 is 1.07 bits per heavy atom. The SMILES string of the molecule is Cc1ccc(NC(=O)[C@@H](C)Sc2nnc(-c3ccc(C(C)(C)C)cc3)n2C)c(C)c1. The molecular weight excluding hydrogens is 392 g/mol. The second-order valence-corrected chi connectivity index (χ2v) is 10.1. The Bertz CT molecular complexity index is 1050. The summed E-state index contributed by atoms with van der Waals surface area (Å²) < 4.78 is 1.94. The zero-order valence-corrected chi connectivity index (χ0v) is 19.6. The Balaban J connectivity index is 1.71. The van der Waals surface area contributed by atoms with Gasteiger partial charge in [0, 0.05) is 18.3 Å². The quantitative estimate of drug-likeness (QED) is 0.550. The van der Waals surface area contributed by atoms with Crippen LogP contribution in [0.3, 0.4) is 0 Å². The van der Waals surface area contributed by atoms with Crippen LogP contribution in [0.2, 0.25) is 0 Å². The molecule has 6 heteroatoms. The van der Waals surface area contributed by atoms with Crippen LogP contribution in [0.1, 0.15) is 44.4 Å². The molecule has 5 nitrogen and oxygen atoms in total. The number of carbonyl (C=O) groups excluding carboxylic acids is 1. The molecule has 0 radical (unpaired) electrons. The largest absolute Gasteiger partial charge is 0.325 e. The van der Waals surface area contributed by atoms with Gasteiger partial charge >= 0.3 is 0 Å². The van der Waals surface area contributed by atoms with Gasteiger partial charge in [-0.2, -0.15) is 0 Å². The van der Waals surface area contributed by atoms with E-state index < -0.39 is 0 Å². The van der Waals surface area contributed by atoms with Gasteiger partial charge in [-0.1, -0.05) is 74.5 Å². The van der Waals surface area contributed by atoms with E-state index in [2.05, 4.69) is 66.6 Å². The minimum atomic E-state index is -0.301. The van der Waals surface area contributed by atoms with Gasteiger partial charge in [0.2, 0.25) is 5.91 Å². The molecule has 158 valence electrons. The molecule has 0 aliphatic rings. The van der Waals surface area contributed by atoms with Crippen LogP contribution in [-0.4, -0.2) is 25.9 Å². The molecule has 1 atom stereocenters. The number of anilines is 1. The van der Waals surface area contributed by atoms with Crippen molar-refractivity contribution < 1.29 is 4.79 Å². The second-order valence-electron chi connectivity index (χ2n) is 8.76. The number of aryl methyl sites for hydroxylation is 2. The predicted octanol–water partition coefficient (Wildman–Crippen LogP) is 5.52. The molecule has 0 unspecified atom stereocenters. The van der Waals surface area contributed by atoms with Crippen molar-refractivity contribution in [2.75, 3.05) is 5.32 Å². The third-order valence-electron chi connectivity index (χ3n) is 5.14. The fourth-order valence-corrected chi connectivity index (χ4v) is 4.00. The standard InChI is InChI=1S/C24H30N4OS/c1-15-8-13-20(16(2)14-15)25-22(29)17(3)30-23-27-26-21(28(23)7)18-9-11-19(12-10-18)24(4,5)6/h8-14,17H,1-7H3,(H,25,29)/t17-/m1/s1. The van der Waals surface area contributed by atoms with Gasteiger partial charge in [0.15, 0.2) is 11.0 Å². The van der Waals surface area contributed by atoms with E-state index in [9.17, 15) is 4.79 Å². The molecule has 0 fully saturated rings. The molecular formula is C24H30N4OS. The first-order valence-electron chi connectivity index (χ1n) is 10.1. The highest BCUT2D eigenvalue weighted by Gasteiger charge is 2.20. The van der Waals surface area contributed by atoms with E-state index in [0.717, 1.165) is 22.6 Å². The predicted molar refractivity (Wildman–Crippen MR) is 125 cm³/mol. The van der Waals surface area contributed by atoms with Crippen molar-refractivity contribution in [3.05, 3.63) is 59.2 Å². The Morgan fingerprint density at radius 2 is 1.73 bits per heavy atom. The molecule has 1 N–H and O–H groups in total. The van der Waals surface area contributed by atoms with Gasteiger partial charge in [0.05, 0.1) is 5.25 Å². The van der Waals surface area contributed by atoms with Crippen molar-refractivity contribution >= 4 is 23.4 Å². The molecule has 0 saturated heterocycles. The number of hydrogen-bond donors (Lipinski definition) is 1. The number of nitrogens with one attached hydrogen (secondary N) is 1.